The van der Waals surface area contributed by atoms with Gasteiger partial charge in [-0.3, -0.25) is 4.90 Å². The minimum Gasteiger partial charge on any atom is -0.333 e. The SMILES string of the molecule is Fc1ccc(CN2CCn3ccnc3C2)c(Br)c1. The highest BCUT2D eigenvalue weighted by Crippen LogP contribution is 2.21. The third kappa shape index (κ3) is 2.33. The number of fused-ring (bicyclic) bond motifs is 1. The Kier molecular flexibility index (Phi) is 3.18. The van der Waals surface area contributed by atoms with Crippen LogP contribution in [0.1, 0.15) is 11.4 Å². The summed E-state index contributed by atoms with van der Waals surface area (Å²) >= 11 is 3.41. The fourth-order valence-electron chi connectivity index (χ4n) is 2.25. The van der Waals surface area contributed by atoms with E-state index in [-0.39, 0.29) is 5.82 Å². The zero-order valence-corrected chi connectivity index (χ0v) is 11.4. The lowest BCUT2D eigenvalue weighted by molar-refractivity contribution is 0.208. The van der Waals surface area contributed by atoms with Crippen molar-refractivity contribution in [2.75, 3.05) is 6.54 Å². The van der Waals surface area contributed by atoms with Gasteiger partial charge in [0.2, 0.25) is 0 Å². The molecule has 18 heavy (non-hydrogen) atoms. The molecule has 1 aromatic carbocycles. The van der Waals surface area contributed by atoms with E-state index < -0.39 is 0 Å². The van der Waals surface area contributed by atoms with Gasteiger partial charge in [0, 0.05) is 36.5 Å². The second kappa shape index (κ2) is 4.82. The van der Waals surface area contributed by atoms with Crippen molar-refractivity contribution in [3.63, 3.8) is 0 Å². The average molecular weight is 310 g/mol. The molecule has 0 radical (unpaired) electrons. The van der Waals surface area contributed by atoms with Gasteiger partial charge >= 0.3 is 0 Å². The highest BCUT2D eigenvalue weighted by atomic mass is 79.9. The highest BCUT2D eigenvalue weighted by Gasteiger charge is 2.17. The lowest BCUT2D eigenvalue weighted by Crippen LogP contribution is -2.33. The van der Waals surface area contributed by atoms with Gasteiger partial charge in [-0.05, 0) is 17.7 Å². The van der Waals surface area contributed by atoms with E-state index in [1.54, 1.807) is 0 Å². The summed E-state index contributed by atoms with van der Waals surface area (Å²) in [6.07, 6.45) is 3.85. The summed E-state index contributed by atoms with van der Waals surface area (Å²) in [5.74, 6) is 0.888. The molecule has 5 heteroatoms. The van der Waals surface area contributed by atoms with E-state index in [4.69, 9.17) is 0 Å². The monoisotopic (exact) mass is 309 g/mol. The summed E-state index contributed by atoms with van der Waals surface area (Å²) in [5, 5.41) is 0. The number of hydrogen-bond donors (Lipinski definition) is 0. The van der Waals surface area contributed by atoms with Crippen molar-refractivity contribution in [1.29, 1.82) is 0 Å². The van der Waals surface area contributed by atoms with E-state index in [0.29, 0.717) is 0 Å². The molecular formula is C13H13BrFN3. The summed E-state index contributed by atoms with van der Waals surface area (Å²) in [5.41, 5.74) is 1.11. The first-order chi connectivity index (χ1) is 8.72. The van der Waals surface area contributed by atoms with Crippen molar-refractivity contribution in [3.05, 3.63) is 52.3 Å². The van der Waals surface area contributed by atoms with Crippen molar-refractivity contribution in [1.82, 2.24) is 14.5 Å². The zero-order valence-electron chi connectivity index (χ0n) is 9.81. The Morgan fingerprint density at radius 3 is 3.06 bits per heavy atom. The molecule has 3 rings (SSSR count). The molecule has 0 saturated carbocycles. The number of imidazole rings is 1. The van der Waals surface area contributed by atoms with E-state index in [1.807, 2.05) is 18.5 Å². The minimum absolute atomic E-state index is 0.209. The van der Waals surface area contributed by atoms with Gasteiger partial charge < -0.3 is 4.57 Å². The van der Waals surface area contributed by atoms with E-state index in [2.05, 4.69) is 30.4 Å². The first-order valence-corrected chi connectivity index (χ1v) is 6.68. The number of nitrogens with zero attached hydrogens (tertiary/aromatic N) is 3. The fraction of sp³-hybridized carbons (Fsp3) is 0.308. The van der Waals surface area contributed by atoms with Crippen molar-refractivity contribution >= 4 is 15.9 Å². The van der Waals surface area contributed by atoms with Gasteiger partial charge in [0.25, 0.3) is 0 Å². The van der Waals surface area contributed by atoms with Crippen molar-refractivity contribution < 1.29 is 4.39 Å². The van der Waals surface area contributed by atoms with Crippen LogP contribution in [-0.2, 0) is 19.6 Å². The van der Waals surface area contributed by atoms with Crippen LogP contribution in [-0.4, -0.2) is 21.0 Å². The van der Waals surface area contributed by atoms with E-state index in [9.17, 15) is 4.39 Å². The molecule has 0 saturated heterocycles. The predicted octanol–water partition coefficient (Wildman–Crippen LogP) is 2.80. The molecule has 0 N–H and O–H groups in total. The normalized spacial score (nSPS) is 15.7. The molecule has 0 unspecified atom stereocenters. The Hall–Kier alpha value is -1.20. The lowest BCUT2D eigenvalue weighted by atomic mass is 10.2. The predicted molar refractivity (Wildman–Crippen MR) is 70.4 cm³/mol. The van der Waals surface area contributed by atoms with Crippen molar-refractivity contribution in [3.8, 4) is 0 Å². The Morgan fingerprint density at radius 2 is 2.22 bits per heavy atom. The van der Waals surface area contributed by atoms with Crippen LogP contribution in [0.3, 0.4) is 0 Å². The van der Waals surface area contributed by atoms with Crippen LogP contribution in [0.4, 0.5) is 4.39 Å². The van der Waals surface area contributed by atoms with E-state index >= 15 is 0 Å². The second-order valence-electron chi connectivity index (χ2n) is 4.48. The fourth-order valence-corrected chi connectivity index (χ4v) is 2.73. The molecule has 0 amide bonds. The minimum atomic E-state index is -0.209. The molecule has 0 fully saturated rings. The summed E-state index contributed by atoms with van der Waals surface area (Å²) in [4.78, 5) is 6.65. The molecule has 0 spiro atoms. The van der Waals surface area contributed by atoms with Crippen LogP contribution in [0.2, 0.25) is 0 Å². The maximum atomic E-state index is 13.0. The van der Waals surface area contributed by atoms with Gasteiger partial charge in [-0.2, -0.15) is 0 Å². The Morgan fingerprint density at radius 1 is 1.33 bits per heavy atom. The standard InChI is InChI=1S/C13H13BrFN3/c14-12-7-11(15)2-1-10(12)8-17-5-6-18-4-3-16-13(18)9-17/h1-4,7H,5-6,8-9H2. The van der Waals surface area contributed by atoms with Crippen LogP contribution in [0.15, 0.2) is 35.1 Å². The smallest absolute Gasteiger partial charge is 0.124 e. The van der Waals surface area contributed by atoms with Crippen LogP contribution in [0.5, 0.6) is 0 Å². The van der Waals surface area contributed by atoms with Gasteiger partial charge in [-0.15, -0.1) is 0 Å². The maximum Gasteiger partial charge on any atom is 0.124 e. The molecule has 94 valence electrons. The largest absolute Gasteiger partial charge is 0.333 e. The lowest BCUT2D eigenvalue weighted by Gasteiger charge is -2.27. The Bertz CT molecular complexity index is 567. The van der Waals surface area contributed by atoms with Crippen molar-refractivity contribution in [2.45, 2.75) is 19.6 Å². The van der Waals surface area contributed by atoms with E-state index in [1.165, 1.54) is 12.1 Å². The van der Waals surface area contributed by atoms with Crippen LogP contribution >= 0.6 is 15.9 Å². The Labute approximate surface area is 113 Å². The number of aromatic nitrogens is 2. The molecule has 1 aliphatic heterocycles. The molecular weight excluding hydrogens is 297 g/mol. The molecule has 0 atom stereocenters. The zero-order chi connectivity index (χ0) is 12.5. The summed E-state index contributed by atoms with van der Waals surface area (Å²) in [7, 11) is 0. The van der Waals surface area contributed by atoms with Gasteiger partial charge in [0.05, 0.1) is 6.54 Å². The molecule has 0 aliphatic carbocycles. The van der Waals surface area contributed by atoms with Gasteiger partial charge in [0.1, 0.15) is 11.6 Å². The molecule has 1 aliphatic rings. The Balaban J connectivity index is 1.74. The summed E-state index contributed by atoms with van der Waals surface area (Å²) in [6.45, 7) is 3.62. The molecule has 3 nitrogen and oxygen atoms in total. The molecule has 0 bridgehead atoms. The van der Waals surface area contributed by atoms with Crippen molar-refractivity contribution in [2.24, 2.45) is 0 Å². The van der Waals surface area contributed by atoms with Gasteiger partial charge in [-0.1, -0.05) is 22.0 Å². The quantitative estimate of drug-likeness (QED) is 0.850. The molecule has 2 aromatic rings. The topological polar surface area (TPSA) is 21.1 Å². The average Bonchev–Trinajstić information content (AvgIpc) is 2.80. The third-order valence-electron chi connectivity index (χ3n) is 3.23. The summed E-state index contributed by atoms with van der Waals surface area (Å²) in [6, 6.07) is 4.85. The highest BCUT2D eigenvalue weighted by molar-refractivity contribution is 9.10. The number of benzene rings is 1. The molecule has 2 heterocycles. The number of halogens is 2. The van der Waals surface area contributed by atoms with Gasteiger partial charge in [0.15, 0.2) is 0 Å². The van der Waals surface area contributed by atoms with E-state index in [0.717, 1.165) is 42.0 Å². The third-order valence-corrected chi connectivity index (χ3v) is 3.97. The first kappa shape index (κ1) is 11.9. The first-order valence-electron chi connectivity index (χ1n) is 5.88. The number of rotatable bonds is 2. The van der Waals surface area contributed by atoms with Gasteiger partial charge in [-0.25, -0.2) is 9.37 Å². The molecule has 1 aromatic heterocycles. The summed E-state index contributed by atoms with van der Waals surface area (Å²) < 4.78 is 16.0. The number of hydrogen-bond acceptors (Lipinski definition) is 2. The van der Waals surface area contributed by atoms with Crippen LogP contribution in [0, 0.1) is 5.82 Å². The van der Waals surface area contributed by atoms with Crippen LogP contribution in [0.25, 0.3) is 0 Å². The maximum absolute atomic E-state index is 13.0. The second-order valence-corrected chi connectivity index (χ2v) is 5.34. The van der Waals surface area contributed by atoms with Crippen LogP contribution < -0.4 is 0 Å².